The van der Waals surface area contributed by atoms with Gasteiger partial charge in [0, 0.05) is 60.5 Å². The predicted molar refractivity (Wildman–Crippen MR) is 326 cm³/mol. The van der Waals surface area contributed by atoms with Crippen molar-refractivity contribution < 1.29 is 151 Å². The molecule has 0 amide bonds. The zero-order valence-electron chi connectivity index (χ0n) is 57.1. The summed E-state index contributed by atoms with van der Waals surface area (Å²) in [6, 6.07) is 0. The van der Waals surface area contributed by atoms with Crippen molar-refractivity contribution in [2.45, 2.75) is 399 Å². The lowest BCUT2D eigenvalue weighted by molar-refractivity contribution is -0.904. The van der Waals surface area contributed by atoms with Crippen molar-refractivity contribution in [1.29, 1.82) is 0 Å². The second-order valence-electron chi connectivity index (χ2n) is 23.9. The first-order valence-electron chi connectivity index (χ1n) is 36.3. The molecule has 0 aliphatic carbocycles. The van der Waals surface area contributed by atoms with Crippen molar-refractivity contribution >= 4 is 0 Å². The van der Waals surface area contributed by atoms with Crippen molar-refractivity contribution in [3.8, 4) is 0 Å². The Kier molecular flexibility index (Phi) is 89.6. The van der Waals surface area contributed by atoms with Gasteiger partial charge in [-0.15, -0.1) is 0 Å². The van der Waals surface area contributed by atoms with Crippen molar-refractivity contribution in [2.75, 3.05) is 6.61 Å². The molecule has 0 saturated carbocycles. The van der Waals surface area contributed by atoms with Gasteiger partial charge in [0.1, 0.15) is 0 Å². The zero-order chi connectivity index (χ0) is 66.3. The summed E-state index contributed by atoms with van der Waals surface area (Å²) in [6.45, 7) is 2.58. The van der Waals surface area contributed by atoms with Gasteiger partial charge in [-0.2, -0.15) is 0 Å². The Morgan fingerprint density at radius 3 is 0.366 bits per heavy atom. The fourth-order valence-electron chi connectivity index (χ4n) is 11.0. The third kappa shape index (κ3) is 90.8. The van der Waals surface area contributed by atoms with Gasteiger partial charge in [0.15, 0.2) is 0 Å². The summed E-state index contributed by atoms with van der Waals surface area (Å²) in [5.74, 6) is 0. The van der Waals surface area contributed by atoms with E-state index >= 15 is 0 Å². The molecule has 0 spiro atoms. The molecule has 0 unspecified atom stereocenters. The average molecular weight is 1370 g/mol. The zero-order valence-corrected chi connectivity index (χ0v) is 57.1. The highest BCUT2D eigenvalue weighted by Crippen LogP contribution is 2.20. The standard InChI is InChI=1S/C63H128O30/c1-2-3-4-5-6-7-8-9-10-11-12-13-14-15-16-17-18-19-20-21-22-23-24-25-26-27-28-29-30-31-32-33-34-35-36-37-38-39-40-41-42-43-44-45-46-47-48-49-50-51-52-53-54-55-56-57-58-59-60-61-62-63-65-67-69-71-73-75-77-79-81-83-85-87-89-91-93-92-90-88-86-84-82-80-78-76-74-72-70-68-66-64/h64H,2-63H2,1H3. The number of hydrogen-bond donors (Lipinski definition) is 1. The van der Waals surface area contributed by atoms with E-state index in [1.807, 2.05) is 0 Å². The largest absolute Gasteiger partial charge is 0.219 e. The minimum atomic E-state index is 0.271. The summed E-state index contributed by atoms with van der Waals surface area (Å²) in [6.07, 6.45) is 86.4. The maximum Gasteiger partial charge on any atom is 0.0855 e. The van der Waals surface area contributed by atoms with Crippen LogP contribution in [0.2, 0.25) is 0 Å². The van der Waals surface area contributed by atoms with E-state index in [2.05, 4.69) is 148 Å². The highest BCUT2D eigenvalue weighted by molar-refractivity contribution is 4.56. The van der Waals surface area contributed by atoms with E-state index in [4.69, 9.17) is 10.1 Å². The minimum absolute atomic E-state index is 0.271. The molecule has 30 nitrogen and oxygen atoms in total. The fraction of sp³-hybridized carbons (Fsp3) is 1.00. The van der Waals surface area contributed by atoms with Gasteiger partial charge in [-0.3, -0.25) is 0 Å². The summed E-state index contributed by atoms with van der Waals surface area (Å²) >= 11 is 0. The van der Waals surface area contributed by atoms with Gasteiger partial charge in [-0.1, -0.05) is 392 Å². The average Bonchev–Trinajstić information content (AvgIpc) is 3.58. The Bertz CT molecular complexity index is 1180. The van der Waals surface area contributed by atoms with E-state index in [-0.39, 0.29) is 6.61 Å². The molecule has 1 N–H and O–H groups in total. The van der Waals surface area contributed by atoms with Gasteiger partial charge in [0.25, 0.3) is 0 Å². The summed E-state index contributed by atoms with van der Waals surface area (Å²) in [5.41, 5.74) is 0. The normalized spacial score (nSPS) is 11.8. The number of hydrogen-bond acceptors (Lipinski definition) is 30. The van der Waals surface area contributed by atoms with Gasteiger partial charge in [0.2, 0.25) is 0 Å². The van der Waals surface area contributed by atoms with Crippen LogP contribution in [0.3, 0.4) is 0 Å². The van der Waals surface area contributed by atoms with Gasteiger partial charge in [-0.25, -0.2) is 10.1 Å². The van der Waals surface area contributed by atoms with Crippen LogP contribution in [0, 0.1) is 0 Å². The molecule has 0 aliphatic heterocycles. The third-order valence-electron chi connectivity index (χ3n) is 16.1. The number of rotatable bonds is 90. The summed E-state index contributed by atoms with van der Waals surface area (Å²) in [5, 5.41) is 109. The van der Waals surface area contributed by atoms with Crippen LogP contribution in [-0.2, 0) is 146 Å². The molecule has 0 saturated heterocycles. The molecule has 0 atom stereocenters. The highest BCUT2D eigenvalue weighted by atomic mass is 18.0. The van der Waals surface area contributed by atoms with E-state index in [0.29, 0.717) is 0 Å². The monoisotopic (exact) mass is 1360 g/mol. The topological polar surface area (TPSA) is 288 Å². The van der Waals surface area contributed by atoms with Gasteiger partial charge < -0.3 is 0 Å². The second kappa shape index (κ2) is 90.8. The maximum absolute atomic E-state index is 7.63. The van der Waals surface area contributed by atoms with Crippen molar-refractivity contribution in [1.82, 2.24) is 0 Å². The molecule has 560 valence electrons. The summed E-state index contributed by atoms with van der Waals surface area (Å²) in [4.78, 5) is 4.76. The Balaban J connectivity index is 3.09. The lowest BCUT2D eigenvalue weighted by atomic mass is 10.0. The lowest BCUT2D eigenvalue weighted by Crippen LogP contribution is -2.06. The van der Waals surface area contributed by atoms with E-state index in [0.717, 1.165) is 19.3 Å². The van der Waals surface area contributed by atoms with E-state index < -0.39 is 0 Å². The Morgan fingerprint density at radius 2 is 0.237 bits per heavy atom. The second-order valence-corrected chi connectivity index (χ2v) is 23.9. The SMILES string of the molecule is CCCCCCCCCCCCCCCCCCCCCCCCCCCCCCCCCCCCCCCCCCCCCCCCCCCCCCCCCCCCCCCOOOOOOOOOOOOOOOOOOOOOOOOOOOOOO. The molecule has 0 aromatic carbocycles. The first-order chi connectivity index (χ1) is 46.4. The molecule has 93 heavy (non-hydrogen) atoms. The Hall–Kier alpha value is -1.20. The third-order valence-corrected chi connectivity index (χ3v) is 16.1. The van der Waals surface area contributed by atoms with E-state index in [9.17, 15) is 0 Å². The highest BCUT2D eigenvalue weighted by Gasteiger charge is 2.05. The first kappa shape index (κ1) is 91.8. The predicted octanol–water partition coefficient (Wildman–Crippen LogP) is 22.4. The molecule has 30 heteroatoms. The quantitative estimate of drug-likeness (QED) is 0.0336. The number of unbranched alkanes of at least 4 members (excludes halogenated alkanes) is 60. The van der Waals surface area contributed by atoms with Crippen LogP contribution in [0.5, 0.6) is 0 Å². The van der Waals surface area contributed by atoms with Crippen LogP contribution in [0.25, 0.3) is 0 Å². The molecular formula is C63H128O30. The summed E-state index contributed by atoms with van der Waals surface area (Å²) < 4.78 is 0. The smallest absolute Gasteiger partial charge is 0.0855 e. The van der Waals surface area contributed by atoms with Crippen LogP contribution in [0.4, 0.5) is 0 Å². The van der Waals surface area contributed by atoms with Crippen molar-refractivity contribution in [2.24, 2.45) is 0 Å². The van der Waals surface area contributed by atoms with Gasteiger partial charge in [0.05, 0.1) is 6.61 Å². The van der Waals surface area contributed by atoms with Crippen molar-refractivity contribution in [3.05, 3.63) is 0 Å². The van der Waals surface area contributed by atoms with Crippen LogP contribution in [-0.4, -0.2) is 11.9 Å². The maximum atomic E-state index is 7.63. The van der Waals surface area contributed by atoms with Crippen LogP contribution in [0.15, 0.2) is 0 Å². The van der Waals surface area contributed by atoms with Crippen LogP contribution >= 0.6 is 0 Å². The van der Waals surface area contributed by atoms with Crippen LogP contribution in [0.1, 0.15) is 399 Å². The van der Waals surface area contributed by atoms with Crippen molar-refractivity contribution in [3.63, 3.8) is 0 Å². The van der Waals surface area contributed by atoms with Gasteiger partial charge >= 0.3 is 0 Å². The first-order valence-corrected chi connectivity index (χ1v) is 36.3. The van der Waals surface area contributed by atoms with Crippen LogP contribution < -0.4 is 0 Å². The Morgan fingerprint density at radius 1 is 0.129 bits per heavy atom. The van der Waals surface area contributed by atoms with E-state index in [1.54, 1.807) is 0 Å². The Labute approximate surface area is 554 Å². The summed E-state index contributed by atoms with van der Waals surface area (Å²) in [7, 11) is 0. The molecule has 0 bridgehead atoms. The molecule has 0 aromatic heterocycles. The fourth-order valence-corrected chi connectivity index (χ4v) is 11.0. The lowest BCUT2D eigenvalue weighted by Gasteiger charge is -2.05. The molecule has 0 heterocycles. The van der Waals surface area contributed by atoms with E-state index in [1.165, 1.54) is 372 Å². The molecule has 0 fully saturated rings. The molecule has 0 radical (unpaired) electrons. The molecule has 0 rings (SSSR count). The molecule has 0 aliphatic rings. The minimum Gasteiger partial charge on any atom is -0.219 e. The van der Waals surface area contributed by atoms with Gasteiger partial charge in [-0.05, 0) is 87.0 Å². The molecular weight excluding hydrogens is 1240 g/mol. The molecule has 0 aromatic rings.